The van der Waals surface area contributed by atoms with Crippen LogP contribution in [0, 0.1) is 6.92 Å². The van der Waals surface area contributed by atoms with Gasteiger partial charge in [-0.15, -0.1) is 11.8 Å². The Labute approximate surface area is 113 Å². The van der Waals surface area contributed by atoms with E-state index in [4.69, 9.17) is 4.74 Å². The summed E-state index contributed by atoms with van der Waals surface area (Å²) in [6.07, 6.45) is 0. The van der Waals surface area contributed by atoms with Crippen molar-refractivity contribution in [2.75, 3.05) is 19.4 Å². The summed E-state index contributed by atoms with van der Waals surface area (Å²) in [6, 6.07) is 8.18. The van der Waals surface area contributed by atoms with Crippen molar-refractivity contribution in [2.45, 2.75) is 31.2 Å². The zero-order valence-corrected chi connectivity index (χ0v) is 12.3. The van der Waals surface area contributed by atoms with Gasteiger partial charge in [0, 0.05) is 10.6 Å². The second-order valence-corrected chi connectivity index (χ2v) is 5.43. The lowest BCUT2D eigenvalue weighted by molar-refractivity contribution is -0.146. The van der Waals surface area contributed by atoms with Gasteiger partial charge in [0.05, 0.1) is 7.11 Å². The van der Waals surface area contributed by atoms with E-state index in [9.17, 15) is 4.79 Å². The van der Waals surface area contributed by atoms with Gasteiger partial charge in [-0.25, -0.2) is 0 Å². The van der Waals surface area contributed by atoms with Crippen molar-refractivity contribution in [2.24, 2.45) is 0 Å². The highest BCUT2D eigenvalue weighted by atomic mass is 32.2. The van der Waals surface area contributed by atoms with E-state index >= 15 is 0 Å². The van der Waals surface area contributed by atoms with Gasteiger partial charge in [-0.3, -0.25) is 4.79 Å². The summed E-state index contributed by atoms with van der Waals surface area (Å²) in [5, 5.41) is 3.20. The van der Waals surface area contributed by atoms with Crippen molar-refractivity contribution in [1.29, 1.82) is 0 Å². The highest BCUT2D eigenvalue weighted by molar-refractivity contribution is 7.99. The van der Waals surface area contributed by atoms with E-state index in [-0.39, 0.29) is 5.97 Å². The number of benzene rings is 1. The maximum absolute atomic E-state index is 11.8. The number of carbonyl (C=O) groups is 1. The fourth-order valence-electron chi connectivity index (χ4n) is 1.74. The third-order valence-corrected chi connectivity index (χ3v) is 4.30. The summed E-state index contributed by atoms with van der Waals surface area (Å²) >= 11 is 1.67. The second kappa shape index (κ2) is 6.81. The molecule has 0 aliphatic heterocycles. The summed E-state index contributed by atoms with van der Waals surface area (Å²) in [5.74, 6) is 0.434. The third-order valence-electron chi connectivity index (χ3n) is 2.81. The number of likely N-dealkylation sites (N-methyl/N-ethyl adjacent to an activating group) is 1. The van der Waals surface area contributed by atoms with E-state index in [1.54, 1.807) is 11.8 Å². The smallest absolute Gasteiger partial charge is 0.326 e. The summed E-state index contributed by atoms with van der Waals surface area (Å²) in [4.78, 5) is 13.0. The topological polar surface area (TPSA) is 38.3 Å². The maximum atomic E-state index is 11.8. The van der Waals surface area contributed by atoms with Crippen LogP contribution < -0.4 is 5.32 Å². The molecule has 0 saturated heterocycles. The molecule has 0 aromatic heterocycles. The van der Waals surface area contributed by atoms with Gasteiger partial charge in [0.2, 0.25) is 0 Å². The molecular formula is C14H21NO2S. The van der Waals surface area contributed by atoms with Crippen LogP contribution in [0.5, 0.6) is 0 Å². The highest BCUT2D eigenvalue weighted by Crippen LogP contribution is 2.26. The molecule has 3 nitrogen and oxygen atoms in total. The van der Waals surface area contributed by atoms with E-state index in [0.29, 0.717) is 5.75 Å². The molecule has 0 saturated carbocycles. The SMILES string of the molecule is CCNC(C)(CSc1ccccc1C)C(=O)OC. The number of ether oxygens (including phenoxy) is 1. The first-order valence-corrected chi connectivity index (χ1v) is 7.04. The molecule has 0 radical (unpaired) electrons. The quantitative estimate of drug-likeness (QED) is 0.635. The van der Waals surface area contributed by atoms with Crippen molar-refractivity contribution >= 4 is 17.7 Å². The minimum Gasteiger partial charge on any atom is -0.468 e. The van der Waals surface area contributed by atoms with Gasteiger partial charge in [0.1, 0.15) is 5.54 Å². The minimum absolute atomic E-state index is 0.217. The Hall–Kier alpha value is -1.00. The predicted molar refractivity (Wildman–Crippen MR) is 76.0 cm³/mol. The maximum Gasteiger partial charge on any atom is 0.326 e. The first kappa shape index (κ1) is 15.1. The lowest BCUT2D eigenvalue weighted by Crippen LogP contribution is -2.52. The molecule has 1 aromatic rings. The standard InChI is InChI=1S/C14H21NO2S/c1-5-15-14(3,13(16)17-4)10-18-12-9-7-6-8-11(12)2/h6-9,15H,5,10H2,1-4H3. The van der Waals surface area contributed by atoms with Gasteiger partial charge in [-0.1, -0.05) is 25.1 Å². The van der Waals surface area contributed by atoms with E-state index < -0.39 is 5.54 Å². The third kappa shape index (κ3) is 3.75. The fourth-order valence-corrected chi connectivity index (χ4v) is 2.87. The first-order chi connectivity index (χ1) is 8.53. The van der Waals surface area contributed by atoms with Gasteiger partial charge in [0.25, 0.3) is 0 Å². The van der Waals surface area contributed by atoms with Crippen LogP contribution in [0.3, 0.4) is 0 Å². The Balaban J connectivity index is 2.74. The average molecular weight is 267 g/mol. The zero-order valence-electron chi connectivity index (χ0n) is 11.4. The molecule has 0 spiro atoms. The first-order valence-electron chi connectivity index (χ1n) is 6.05. The van der Waals surface area contributed by atoms with Gasteiger partial charge in [-0.2, -0.15) is 0 Å². The summed E-state index contributed by atoms with van der Waals surface area (Å²) < 4.78 is 4.87. The Bertz CT molecular complexity index is 409. The summed E-state index contributed by atoms with van der Waals surface area (Å²) in [7, 11) is 1.43. The molecule has 18 heavy (non-hydrogen) atoms. The number of esters is 1. The molecule has 0 amide bonds. The molecular weight excluding hydrogens is 246 g/mol. The molecule has 1 aromatic carbocycles. The molecule has 1 unspecified atom stereocenters. The monoisotopic (exact) mass is 267 g/mol. The average Bonchev–Trinajstić information content (AvgIpc) is 2.37. The Morgan fingerprint density at radius 2 is 2.11 bits per heavy atom. The van der Waals surface area contributed by atoms with Crippen LogP contribution in [0.4, 0.5) is 0 Å². The van der Waals surface area contributed by atoms with Crippen LogP contribution in [-0.4, -0.2) is 30.9 Å². The molecule has 0 aliphatic carbocycles. The number of aryl methyl sites for hydroxylation is 1. The van der Waals surface area contributed by atoms with E-state index in [1.807, 2.05) is 26.0 Å². The lowest BCUT2D eigenvalue weighted by Gasteiger charge is -2.27. The molecule has 0 fully saturated rings. The highest BCUT2D eigenvalue weighted by Gasteiger charge is 2.33. The molecule has 4 heteroatoms. The fraction of sp³-hybridized carbons (Fsp3) is 0.500. The summed E-state index contributed by atoms with van der Waals surface area (Å²) in [5.41, 5.74) is 0.586. The molecule has 100 valence electrons. The number of carbonyl (C=O) groups excluding carboxylic acids is 1. The predicted octanol–water partition coefficient (Wildman–Crippen LogP) is 2.63. The lowest BCUT2D eigenvalue weighted by atomic mass is 10.1. The van der Waals surface area contributed by atoms with Gasteiger partial charge >= 0.3 is 5.97 Å². The largest absolute Gasteiger partial charge is 0.468 e. The molecule has 1 N–H and O–H groups in total. The zero-order chi connectivity index (χ0) is 13.6. The number of rotatable bonds is 6. The van der Waals surface area contributed by atoms with Crippen molar-refractivity contribution in [1.82, 2.24) is 5.32 Å². The summed E-state index contributed by atoms with van der Waals surface area (Å²) in [6.45, 7) is 6.68. The Morgan fingerprint density at radius 1 is 1.44 bits per heavy atom. The normalized spacial score (nSPS) is 14.0. The number of hydrogen-bond donors (Lipinski definition) is 1. The number of thioether (sulfide) groups is 1. The molecule has 0 heterocycles. The Kier molecular flexibility index (Phi) is 5.69. The molecule has 0 aliphatic rings. The Morgan fingerprint density at radius 3 is 2.67 bits per heavy atom. The van der Waals surface area contributed by atoms with Crippen molar-refractivity contribution < 1.29 is 9.53 Å². The second-order valence-electron chi connectivity index (χ2n) is 4.41. The van der Waals surface area contributed by atoms with Gasteiger partial charge in [-0.05, 0) is 32.0 Å². The van der Waals surface area contributed by atoms with E-state index in [1.165, 1.54) is 17.6 Å². The van der Waals surface area contributed by atoms with E-state index in [2.05, 4.69) is 24.4 Å². The van der Waals surface area contributed by atoms with Crippen molar-refractivity contribution in [3.63, 3.8) is 0 Å². The van der Waals surface area contributed by atoms with Crippen LogP contribution in [-0.2, 0) is 9.53 Å². The minimum atomic E-state index is -0.642. The molecule has 1 atom stereocenters. The van der Waals surface area contributed by atoms with Crippen LogP contribution in [0.15, 0.2) is 29.2 Å². The van der Waals surface area contributed by atoms with Gasteiger partial charge in [0.15, 0.2) is 0 Å². The number of nitrogens with one attached hydrogen (secondary N) is 1. The van der Waals surface area contributed by atoms with Crippen LogP contribution in [0.25, 0.3) is 0 Å². The van der Waals surface area contributed by atoms with Crippen LogP contribution in [0.1, 0.15) is 19.4 Å². The van der Waals surface area contributed by atoms with Gasteiger partial charge < -0.3 is 10.1 Å². The van der Waals surface area contributed by atoms with Crippen molar-refractivity contribution in [3.8, 4) is 0 Å². The van der Waals surface area contributed by atoms with E-state index in [0.717, 1.165) is 6.54 Å². The number of hydrogen-bond acceptors (Lipinski definition) is 4. The molecule has 0 bridgehead atoms. The van der Waals surface area contributed by atoms with Crippen molar-refractivity contribution in [3.05, 3.63) is 29.8 Å². The molecule has 1 rings (SSSR count). The van der Waals surface area contributed by atoms with Crippen LogP contribution in [0.2, 0.25) is 0 Å². The van der Waals surface area contributed by atoms with Crippen LogP contribution >= 0.6 is 11.8 Å². The number of methoxy groups -OCH3 is 1.